The third-order valence-electron chi connectivity index (χ3n) is 9.98. The monoisotopic (exact) mass is 556 g/mol. The van der Waals surface area contributed by atoms with E-state index in [1.807, 2.05) is 0 Å². The molecule has 4 aliphatic rings. The van der Waals surface area contributed by atoms with Gasteiger partial charge in [0.05, 0.1) is 22.6 Å². The van der Waals surface area contributed by atoms with Crippen LogP contribution < -0.4 is 9.64 Å². The van der Waals surface area contributed by atoms with Crippen LogP contribution in [0, 0.1) is 0 Å². The lowest BCUT2D eigenvalue weighted by Crippen LogP contribution is -2.98. The van der Waals surface area contributed by atoms with E-state index in [1.54, 1.807) is 0 Å². The zero-order valence-corrected chi connectivity index (χ0v) is 24.4. The zero-order chi connectivity index (χ0) is 28.6. The van der Waals surface area contributed by atoms with Crippen LogP contribution in [0.2, 0.25) is 0 Å². The van der Waals surface area contributed by atoms with E-state index in [9.17, 15) is 0 Å². The molecule has 43 heavy (non-hydrogen) atoms. The lowest BCUT2D eigenvalue weighted by Gasteiger charge is -2.20. The third-order valence-corrected chi connectivity index (χ3v) is 9.98. The molecule has 3 nitrogen and oxygen atoms in total. The molecule has 2 atom stereocenters. The lowest BCUT2D eigenvalue weighted by atomic mass is 9.84. The summed E-state index contributed by atoms with van der Waals surface area (Å²) >= 11 is 0. The summed E-state index contributed by atoms with van der Waals surface area (Å²) in [4.78, 5) is 1.28. The Morgan fingerprint density at radius 2 is 1.56 bits per heavy atom. The van der Waals surface area contributed by atoms with Gasteiger partial charge in [-0.1, -0.05) is 87.5 Å². The highest BCUT2D eigenvalue weighted by atomic mass is 16.5. The van der Waals surface area contributed by atoms with Crippen LogP contribution in [-0.2, 0) is 5.41 Å². The van der Waals surface area contributed by atoms with Crippen molar-refractivity contribution in [3.63, 3.8) is 0 Å². The van der Waals surface area contributed by atoms with E-state index in [4.69, 9.17) is 9.15 Å². The fourth-order valence-corrected chi connectivity index (χ4v) is 7.93. The highest BCUT2D eigenvalue weighted by Gasteiger charge is 2.52. The molecule has 2 unspecified atom stereocenters. The Balaban J connectivity index is 1.28. The third kappa shape index (κ3) is 3.02. The average molecular weight is 557 g/mol. The Labute approximate surface area is 250 Å². The van der Waals surface area contributed by atoms with Crippen molar-refractivity contribution >= 4 is 38.9 Å². The maximum absolute atomic E-state index is 6.75. The molecular formula is C40H30NO2+. The second-order valence-electron chi connectivity index (χ2n) is 13.4. The molecule has 1 aliphatic carbocycles. The minimum absolute atomic E-state index is 0.0806. The molecule has 0 saturated heterocycles. The van der Waals surface area contributed by atoms with E-state index in [2.05, 4.69) is 124 Å². The minimum atomic E-state index is 0.0806. The molecule has 0 bridgehead atoms. The average Bonchev–Trinajstić information content (AvgIpc) is 3.76. The second kappa shape index (κ2) is 7.94. The summed E-state index contributed by atoms with van der Waals surface area (Å²) in [5.41, 5.74) is 16.1. The summed E-state index contributed by atoms with van der Waals surface area (Å²) in [6.07, 6.45) is 3.41. The van der Waals surface area contributed by atoms with Crippen LogP contribution in [-0.4, -0.2) is 0 Å². The van der Waals surface area contributed by atoms with Crippen molar-refractivity contribution in [3.05, 3.63) is 131 Å². The molecule has 1 aromatic heterocycles. The van der Waals surface area contributed by atoms with Gasteiger partial charge in [-0.2, -0.15) is 0 Å². The van der Waals surface area contributed by atoms with E-state index in [0.29, 0.717) is 0 Å². The number of rotatable bonds is 1. The van der Waals surface area contributed by atoms with Gasteiger partial charge in [-0.15, -0.1) is 0 Å². The number of furan rings is 1. The molecule has 3 heteroatoms. The molecule has 206 valence electrons. The highest BCUT2D eigenvalue weighted by molar-refractivity contribution is 6.13. The number of allylic oxidation sites excluding steroid dienone is 3. The molecule has 0 fully saturated rings. The first-order valence-corrected chi connectivity index (χ1v) is 15.3. The van der Waals surface area contributed by atoms with Crippen molar-refractivity contribution in [2.24, 2.45) is 0 Å². The smallest absolute Gasteiger partial charge is 0.197 e. The van der Waals surface area contributed by atoms with Crippen LogP contribution >= 0.6 is 0 Å². The number of para-hydroxylation sites is 2. The number of benzene rings is 5. The van der Waals surface area contributed by atoms with Crippen molar-refractivity contribution in [1.82, 2.24) is 0 Å². The van der Waals surface area contributed by atoms with Crippen LogP contribution in [0.15, 0.2) is 119 Å². The molecule has 0 radical (unpaired) electrons. The number of fused-ring (bicyclic) bond motifs is 13. The topological polar surface area (TPSA) is 26.8 Å². The molecule has 3 aliphatic heterocycles. The number of nitrogens with one attached hydrogen (secondary N) is 1. The molecule has 0 saturated carbocycles. The first-order valence-electron chi connectivity index (χ1n) is 15.3. The Morgan fingerprint density at radius 3 is 2.47 bits per heavy atom. The van der Waals surface area contributed by atoms with Crippen molar-refractivity contribution in [3.8, 4) is 28.0 Å². The van der Waals surface area contributed by atoms with Gasteiger partial charge in [-0.3, -0.25) is 0 Å². The lowest BCUT2D eigenvalue weighted by molar-refractivity contribution is -0.701. The summed E-state index contributed by atoms with van der Waals surface area (Å²) in [6, 6.07) is 35.4. The Bertz CT molecular complexity index is 2290. The molecule has 6 aromatic rings. The van der Waals surface area contributed by atoms with E-state index in [0.717, 1.165) is 34.5 Å². The number of ether oxygens (including phenoxy) is 1. The van der Waals surface area contributed by atoms with Gasteiger partial charge in [-0.25, -0.2) is 4.90 Å². The fraction of sp³-hybridized carbons (Fsp3) is 0.150. The summed E-state index contributed by atoms with van der Waals surface area (Å²) < 4.78 is 13.5. The summed E-state index contributed by atoms with van der Waals surface area (Å²) in [7, 11) is 0. The van der Waals surface area contributed by atoms with Crippen molar-refractivity contribution in [2.75, 3.05) is 0 Å². The van der Waals surface area contributed by atoms with Crippen LogP contribution in [0.5, 0.6) is 5.75 Å². The predicted molar refractivity (Wildman–Crippen MR) is 173 cm³/mol. The molecule has 4 heterocycles. The summed E-state index contributed by atoms with van der Waals surface area (Å²) in [5.74, 6) is 2.32. The maximum Gasteiger partial charge on any atom is 0.197 e. The highest BCUT2D eigenvalue weighted by Crippen LogP contribution is 2.56. The number of hydrogen-bond donors (Lipinski definition) is 1. The number of hydrogen-bond acceptors (Lipinski definition) is 2. The SMILES string of the molecule is CC(C)(C)c1cccc(-c2cc3c4c(c2)-c2ccc5c(oc6ccccc65)c2[NH+]4C2=C4Oc5ccccc5C4CC=C23)c1. The van der Waals surface area contributed by atoms with Gasteiger partial charge >= 0.3 is 0 Å². The van der Waals surface area contributed by atoms with E-state index < -0.39 is 0 Å². The standard InChI is InChI=1S/C40H29NO2/c1-40(2,3)24-10-8-9-22(19-24)23-20-31-27-15-17-29-25-11-4-6-13-33(25)42-38(29)36(27)41-35(31)32(21-23)28-16-18-30-26-12-5-7-14-34(26)43-39(30)37(28)41/h4-17,19-21,30H,18H2,1-3H3/p+1. The van der Waals surface area contributed by atoms with Gasteiger partial charge in [0.1, 0.15) is 11.3 Å². The molecule has 5 aromatic carbocycles. The maximum atomic E-state index is 6.75. The first kappa shape index (κ1) is 23.7. The molecular weight excluding hydrogens is 526 g/mol. The van der Waals surface area contributed by atoms with Crippen LogP contribution in [0.3, 0.4) is 0 Å². The van der Waals surface area contributed by atoms with Crippen molar-refractivity contribution < 1.29 is 14.1 Å². The molecule has 10 rings (SSSR count). The van der Waals surface area contributed by atoms with Gasteiger partial charge in [-0.05, 0) is 64.9 Å². The fourth-order valence-electron chi connectivity index (χ4n) is 7.93. The zero-order valence-electron chi connectivity index (χ0n) is 24.4. The van der Waals surface area contributed by atoms with Gasteiger partial charge in [0, 0.05) is 21.9 Å². The van der Waals surface area contributed by atoms with E-state index in [-0.39, 0.29) is 11.3 Å². The van der Waals surface area contributed by atoms with Crippen molar-refractivity contribution in [1.29, 1.82) is 0 Å². The number of quaternary nitrogens is 1. The Hall–Kier alpha value is -4.86. The van der Waals surface area contributed by atoms with Crippen molar-refractivity contribution in [2.45, 2.75) is 38.5 Å². The predicted octanol–water partition coefficient (Wildman–Crippen LogP) is 9.57. The quantitative estimate of drug-likeness (QED) is 0.218. The van der Waals surface area contributed by atoms with Crippen LogP contribution in [0.25, 0.3) is 49.8 Å². The summed E-state index contributed by atoms with van der Waals surface area (Å²) in [5, 5.41) is 2.33. The van der Waals surface area contributed by atoms with Gasteiger partial charge < -0.3 is 9.15 Å². The van der Waals surface area contributed by atoms with Gasteiger partial charge in [0.25, 0.3) is 0 Å². The Morgan fingerprint density at radius 1 is 0.721 bits per heavy atom. The van der Waals surface area contributed by atoms with E-state index in [1.165, 1.54) is 71.9 Å². The Kier molecular flexibility index (Phi) is 4.37. The largest absolute Gasteiger partial charge is 0.454 e. The first-order chi connectivity index (χ1) is 21.0. The van der Waals surface area contributed by atoms with Crippen LogP contribution in [0.4, 0.5) is 11.4 Å². The minimum Gasteiger partial charge on any atom is -0.454 e. The second-order valence-corrected chi connectivity index (χ2v) is 13.4. The van der Waals surface area contributed by atoms with Gasteiger partial charge in [0.2, 0.25) is 0 Å². The van der Waals surface area contributed by atoms with E-state index >= 15 is 0 Å². The van der Waals surface area contributed by atoms with Crippen LogP contribution in [0.1, 0.15) is 49.8 Å². The van der Waals surface area contributed by atoms with Gasteiger partial charge in [0.15, 0.2) is 28.4 Å². The normalized spacial score (nSPS) is 19.2. The molecule has 0 amide bonds. The molecule has 1 N–H and O–H groups in total. The summed E-state index contributed by atoms with van der Waals surface area (Å²) in [6.45, 7) is 6.85. The molecule has 0 spiro atoms.